The van der Waals surface area contributed by atoms with Crippen LogP contribution < -0.4 is 10.2 Å². The smallest absolute Gasteiger partial charge is 0.290 e. The number of para-hydroxylation sites is 1. The van der Waals surface area contributed by atoms with Gasteiger partial charge in [-0.3, -0.25) is 9.20 Å². The molecule has 0 aliphatic rings. The summed E-state index contributed by atoms with van der Waals surface area (Å²) in [6, 6.07) is 5.01. The van der Waals surface area contributed by atoms with Gasteiger partial charge in [-0.2, -0.15) is 5.10 Å². The Morgan fingerprint density at radius 3 is 3.13 bits per heavy atom. The minimum absolute atomic E-state index is 0.0336. The number of thiazole rings is 1. The first kappa shape index (κ1) is 15.0. The highest BCUT2D eigenvalue weighted by Crippen LogP contribution is 2.27. The maximum Gasteiger partial charge on any atom is 0.290 e. The molecule has 2 N–H and O–H groups in total. The van der Waals surface area contributed by atoms with Crippen molar-refractivity contribution >= 4 is 28.4 Å². The van der Waals surface area contributed by atoms with E-state index in [2.05, 4.69) is 15.5 Å². The lowest BCUT2D eigenvalue weighted by molar-refractivity contribution is 0.0948. The van der Waals surface area contributed by atoms with E-state index in [-0.39, 0.29) is 11.7 Å². The van der Waals surface area contributed by atoms with Crippen LogP contribution >= 0.6 is 11.3 Å². The second-order valence-electron chi connectivity index (χ2n) is 4.70. The first-order valence-electron chi connectivity index (χ1n) is 6.73. The van der Waals surface area contributed by atoms with Crippen molar-refractivity contribution in [2.24, 2.45) is 5.10 Å². The Hall–Kier alpha value is -2.87. The molecular weight excluding hydrogens is 316 g/mol. The zero-order valence-corrected chi connectivity index (χ0v) is 13.3. The number of fused-ring (bicyclic) bond motifs is 1. The van der Waals surface area contributed by atoms with E-state index >= 15 is 0 Å². The summed E-state index contributed by atoms with van der Waals surface area (Å²) in [6.07, 6.45) is 3.14. The van der Waals surface area contributed by atoms with Crippen LogP contribution in [0.4, 0.5) is 0 Å². The van der Waals surface area contributed by atoms with E-state index in [0.717, 1.165) is 4.96 Å². The molecule has 118 valence electrons. The minimum atomic E-state index is -0.368. The second kappa shape index (κ2) is 6.09. The van der Waals surface area contributed by atoms with Gasteiger partial charge in [-0.25, -0.2) is 10.4 Å². The number of hydrogen-bond donors (Lipinski definition) is 2. The van der Waals surface area contributed by atoms with E-state index in [1.807, 2.05) is 5.38 Å². The number of carbonyl (C=O) groups is 1. The van der Waals surface area contributed by atoms with Crippen LogP contribution in [-0.4, -0.2) is 33.7 Å². The van der Waals surface area contributed by atoms with Crippen LogP contribution in [0.15, 0.2) is 34.9 Å². The van der Waals surface area contributed by atoms with Crippen molar-refractivity contribution in [1.29, 1.82) is 0 Å². The molecule has 3 rings (SSSR count). The number of methoxy groups -OCH3 is 1. The average molecular weight is 330 g/mol. The number of nitrogens with zero attached hydrogens (tertiary/aromatic N) is 3. The maximum atomic E-state index is 12.3. The van der Waals surface area contributed by atoms with Crippen LogP contribution in [0.25, 0.3) is 4.96 Å². The van der Waals surface area contributed by atoms with Gasteiger partial charge >= 0.3 is 0 Å². The van der Waals surface area contributed by atoms with Crippen molar-refractivity contribution in [2.75, 3.05) is 7.11 Å². The Labute approximate surface area is 135 Å². The van der Waals surface area contributed by atoms with Gasteiger partial charge in [0.1, 0.15) is 5.69 Å². The van der Waals surface area contributed by atoms with Crippen molar-refractivity contribution in [3.05, 3.63) is 46.7 Å². The first-order valence-corrected chi connectivity index (χ1v) is 7.61. The Morgan fingerprint density at radius 2 is 2.35 bits per heavy atom. The van der Waals surface area contributed by atoms with Crippen molar-refractivity contribution in [3.8, 4) is 11.5 Å². The maximum absolute atomic E-state index is 12.3. The lowest BCUT2D eigenvalue weighted by Gasteiger charge is -2.05. The van der Waals surface area contributed by atoms with Gasteiger partial charge in [-0.1, -0.05) is 6.07 Å². The highest BCUT2D eigenvalue weighted by Gasteiger charge is 2.16. The SMILES string of the molecule is COc1cccc(/C=N\NC(=O)c2c(C)nc3sccn23)c1O. The third-order valence-corrected chi connectivity index (χ3v) is 4.03. The van der Waals surface area contributed by atoms with Gasteiger partial charge in [-0.05, 0) is 19.1 Å². The summed E-state index contributed by atoms with van der Waals surface area (Å²) < 4.78 is 6.73. The van der Waals surface area contributed by atoms with Crippen LogP contribution in [0.3, 0.4) is 0 Å². The normalized spacial score (nSPS) is 11.2. The fourth-order valence-electron chi connectivity index (χ4n) is 2.19. The summed E-state index contributed by atoms with van der Waals surface area (Å²) in [4.78, 5) is 17.3. The molecule has 0 spiro atoms. The molecule has 1 aromatic carbocycles. The number of aromatic hydroxyl groups is 1. The van der Waals surface area contributed by atoms with Crippen LogP contribution in [0.2, 0.25) is 0 Å². The molecule has 0 bridgehead atoms. The monoisotopic (exact) mass is 330 g/mol. The van der Waals surface area contributed by atoms with Crippen molar-refractivity contribution < 1.29 is 14.6 Å². The highest BCUT2D eigenvalue weighted by atomic mass is 32.1. The molecule has 0 radical (unpaired) electrons. The number of phenols is 1. The van der Waals surface area contributed by atoms with Crippen LogP contribution in [0.1, 0.15) is 21.7 Å². The van der Waals surface area contributed by atoms with Crippen LogP contribution in [0, 0.1) is 6.92 Å². The summed E-state index contributed by atoms with van der Waals surface area (Å²) >= 11 is 1.45. The number of benzene rings is 1. The van der Waals surface area contributed by atoms with E-state index in [4.69, 9.17) is 4.74 Å². The molecule has 0 aliphatic carbocycles. The molecule has 1 amide bonds. The topological polar surface area (TPSA) is 88.2 Å². The Kier molecular flexibility index (Phi) is 3.98. The van der Waals surface area contributed by atoms with Crippen molar-refractivity contribution in [2.45, 2.75) is 6.92 Å². The van der Waals surface area contributed by atoms with Gasteiger partial charge in [0.15, 0.2) is 16.5 Å². The molecule has 0 saturated heterocycles. The average Bonchev–Trinajstić information content (AvgIpc) is 3.08. The number of amides is 1. The van der Waals surface area contributed by atoms with Gasteiger partial charge in [-0.15, -0.1) is 11.3 Å². The molecule has 23 heavy (non-hydrogen) atoms. The molecule has 0 unspecified atom stereocenters. The predicted molar refractivity (Wildman–Crippen MR) is 87.5 cm³/mol. The number of ether oxygens (including phenoxy) is 1. The van der Waals surface area contributed by atoms with Crippen molar-refractivity contribution in [3.63, 3.8) is 0 Å². The molecule has 0 fully saturated rings. The molecule has 3 aromatic rings. The number of carbonyl (C=O) groups excluding carboxylic acids is 1. The largest absolute Gasteiger partial charge is 0.504 e. The lowest BCUT2D eigenvalue weighted by atomic mass is 10.2. The molecule has 2 heterocycles. The number of hydrazone groups is 1. The number of aromatic nitrogens is 2. The quantitative estimate of drug-likeness (QED) is 0.567. The molecule has 0 atom stereocenters. The summed E-state index contributed by atoms with van der Waals surface area (Å²) in [5.74, 6) is -0.0623. The molecule has 0 aliphatic heterocycles. The number of aryl methyl sites for hydroxylation is 1. The Balaban J connectivity index is 1.79. The first-order chi connectivity index (χ1) is 11.1. The van der Waals surface area contributed by atoms with E-state index in [0.29, 0.717) is 22.7 Å². The highest BCUT2D eigenvalue weighted by molar-refractivity contribution is 7.15. The van der Waals surface area contributed by atoms with Crippen LogP contribution in [-0.2, 0) is 0 Å². The predicted octanol–water partition coefficient (Wildman–Crippen LogP) is 2.18. The van der Waals surface area contributed by atoms with Crippen LogP contribution in [0.5, 0.6) is 11.5 Å². The Morgan fingerprint density at radius 1 is 1.52 bits per heavy atom. The summed E-state index contributed by atoms with van der Waals surface area (Å²) in [5.41, 5.74) is 3.95. The number of nitrogens with one attached hydrogen (secondary N) is 1. The van der Waals surface area contributed by atoms with Gasteiger partial charge in [0.25, 0.3) is 5.91 Å². The molecule has 8 heteroatoms. The Bertz CT molecular complexity index is 897. The van der Waals surface area contributed by atoms with Gasteiger partial charge < -0.3 is 9.84 Å². The third kappa shape index (κ3) is 2.76. The standard InChI is InChI=1S/C15H14N4O3S/c1-9-12(19-6-7-23-15(19)17-9)14(21)18-16-8-10-4-3-5-11(22-2)13(10)20/h3-8,20H,1-2H3,(H,18,21)/b16-8-. The minimum Gasteiger partial charge on any atom is -0.504 e. The summed E-state index contributed by atoms with van der Waals surface area (Å²) in [5, 5.41) is 15.7. The zero-order valence-electron chi connectivity index (χ0n) is 12.5. The van der Waals surface area contributed by atoms with Gasteiger partial charge in [0, 0.05) is 17.1 Å². The lowest BCUT2D eigenvalue weighted by Crippen LogP contribution is -2.20. The van der Waals surface area contributed by atoms with E-state index in [1.165, 1.54) is 24.7 Å². The van der Waals surface area contributed by atoms with E-state index in [9.17, 15) is 9.90 Å². The third-order valence-electron chi connectivity index (χ3n) is 3.27. The number of imidazole rings is 1. The fourth-order valence-corrected chi connectivity index (χ4v) is 2.95. The number of rotatable bonds is 4. The second-order valence-corrected chi connectivity index (χ2v) is 5.57. The zero-order chi connectivity index (χ0) is 16.4. The molecular formula is C15H14N4O3S. The number of phenolic OH excluding ortho intramolecular Hbond substituents is 1. The van der Waals surface area contributed by atoms with Gasteiger partial charge in [0.2, 0.25) is 0 Å². The van der Waals surface area contributed by atoms with E-state index < -0.39 is 0 Å². The summed E-state index contributed by atoms with van der Waals surface area (Å²) in [7, 11) is 1.46. The summed E-state index contributed by atoms with van der Waals surface area (Å²) in [6.45, 7) is 1.77. The molecule has 7 nitrogen and oxygen atoms in total. The van der Waals surface area contributed by atoms with Crippen molar-refractivity contribution in [1.82, 2.24) is 14.8 Å². The van der Waals surface area contributed by atoms with Gasteiger partial charge in [0.05, 0.1) is 19.0 Å². The molecule has 0 saturated carbocycles. The number of hydrogen-bond acceptors (Lipinski definition) is 6. The molecule has 2 aromatic heterocycles. The fraction of sp³-hybridized carbons (Fsp3) is 0.133. The van der Waals surface area contributed by atoms with E-state index in [1.54, 1.807) is 35.7 Å².